The summed E-state index contributed by atoms with van der Waals surface area (Å²) in [5.74, 6) is 0.712. The number of imidazole rings is 1. The van der Waals surface area contributed by atoms with Crippen LogP contribution in [0.5, 0.6) is 0 Å². The van der Waals surface area contributed by atoms with Gasteiger partial charge in [-0.25, -0.2) is 4.98 Å². The molecule has 2 rings (SSSR count). The summed E-state index contributed by atoms with van der Waals surface area (Å²) in [6, 6.07) is 0. The van der Waals surface area contributed by atoms with Gasteiger partial charge in [0.15, 0.2) is 0 Å². The van der Waals surface area contributed by atoms with Crippen molar-refractivity contribution in [3.05, 3.63) is 18.2 Å². The Morgan fingerprint density at radius 3 is 2.83 bits per heavy atom. The Morgan fingerprint density at radius 1 is 1.50 bits per heavy atom. The van der Waals surface area contributed by atoms with Crippen LogP contribution < -0.4 is 0 Å². The molecule has 1 fully saturated rings. The van der Waals surface area contributed by atoms with Crippen molar-refractivity contribution in [3.63, 3.8) is 0 Å². The number of hydrogen-bond donors (Lipinski definition) is 1. The molecule has 1 saturated heterocycles. The summed E-state index contributed by atoms with van der Waals surface area (Å²) >= 11 is 0. The monoisotopic (exact) mass is 165 g/mol. The molecule has 0 aliphatic carbocycles. The van der Waals surface area contributed by atoms with Crippen LogP contribution in [0.1, 0.15) is 24.5 Å². The van der Waals surface area contributed by atoms with Gasteiger partial charge in [0.05, 0.1) is 6.33 Å². The van der Waals surface area contributed by atoms with Crippen molar-refractivity contribution in [2.24, 2.45) is 0 Å². The summed E-state index contributed by atoms with van der Waals surface area (Å²) in [4.78, 5) is 9.62. The van der Waals surface area contributed by atoms with Crippen LogP contribution in [-0.4, -0.2) is 35.0 Å². The minimum atomic E-state index is 0.712. The molecule has 1 aromatic rings. The van der Waals surface area contributed by atoms with Crippen LogP contribution in [0, 0.1) is 0 Å². The number of piperidine rings is 1. The number of rotatable bonds is 1. The largest absolute Gasteiger partial charge is 0.348 e. The lowest BCUT2D eigenvalue weighted by atomic mass is 9.94. The quantitative estimate of drug-likeness (QED) is 0.678. The standard InChI is InChI=1S/C9H15N3/c1-12-4-2-8(3-5-12)9-6-10-7-11-9/h6-8H,2-5H2,1H3,(H,10,11). The lowest BCUT2D eigenvalue weighted by Crippen LogP contribution is -2.29. The summed E-state index contributed by atoms with van der Waals surface area (Å²) in [6.45, 7) is 2.42. The first-order valence-corrected chi connectivity index (χ1v) is 4.53. The molecule has 12 heavy (non-hydrogen) atoms. The van der Waals surface area contributed by atoms with E-state index in [9.17, 15) is 0 Å². The summed E-state index contributed by atoms with van der Waals surface area (Å²) in [6.07, 6.45) is 6.25. The number of nitrogens with zero attached hydrogens (tertiary/aromatic N) is 2. The number of hydrogen-bond acceptors (Lipinski definition) is 2. The average molecular weight is 165 g/mol. The molecule has 3 heteroatoms. The minimum absolute atomic E-state index is 0.712. The molecule has 66 valence electrons. The van der Waals surface area contributed by atoms with Gasteiger partial charge in [-0.15, -0.1) is 0 Å². The fraction of sp³-hybridized carbons (Fsp3) is 0.667. The van der Waals surface area contributed by atoms with Crippen LogP contribution >= 0.6 is 0 Å². The second-order valence-corrected chi connectivity index (χ2v) is 3.58. The molecule has 0 spiro atoms. The molecule has 1 aromatic heterocycles. The van der Waals surface area contributed by atoms with E-state index in [-0.39, 0.29) is 0 Å². The normalized spacial score (nSPS) is 21.4. The van der Waals surface area contributed by atoms with E-state index in [0.717, 1.165) is 0 Å². The van der Waals surface area contributed by atoms with E-state index in [2.05, 4.69) is 21.9 Å². The van der Waals surface area contributed by atoms with Crippen molar-refractivity contribution >= 4 is 0 Å². The number of aromatic amines is 1. The summed E-state index contributed by atoms with van der Waals surface area (Å²) in [5, 5.41) is 0. The zero-order valence-corrected chi connectivity index (χ0v) is 7.45. The first kappa shape index (κ1) is 7.80. The Hall–Kier alpha value is -0.830. The summed E-state index contributed by atoms with van der Waals surface area (Å²) in [5.41, 5.74) is 1.31. The van der Waals surface area contributed by atoms with Gasteiger partial charge >= 0.3 is 0 Å². The topological polar surface area (TPSA) is 31.9 Å². The SMILES string of the molecule is CN1CCC(c2cnc[nH]2)CC1. The molecule has 0 radical (unpaired) electrons. The van der Waals surface area contributed by atoms with E-state index in [0.29, 0.717) is 5.92 Å². The molecular weight excluding hydrogens is 150 g/mol. The third-order valence-electron chi connectivity index (χ3n) is 2.68. The molecule has 0 unspecified atom stereocenters. The maximum absolute atomic E-state index is 4.05. The van der Waals surface area contributed by atoms with Gasteiger partial charge in [0.25, 0.3) is 0 Å². The van der Waals surface area contributed by atoms with Crippen molar-refractivity contribution in [2.45, 2.75) is 18.8 Å². The number of H-pyrrole nitrogens is 1. The van der Waals surface area contributed by atoms with E-state index < -0.39 is 0 Å². The van der Waals surface area contributed by atoms with Crippen molar-refractivity contribution in [3.8, 4) is 0 Å². The predicted molar refractivity (Wildman–Crippen MR) is 48.1 cm³/mol. The van der Waals surface area contributed by atoms with Gasteiger partial charge in [-0.2, -0.15) is 0 Å². The Kier molecular flexibility index (Phi) is 2.13. The lowest BCUT2D eigenvalue weighted by molar-refractivity contribution is 0.253. The van der Waals surface area contributed by atoms with Crippen molar-refractivity contribution in [1.29, 1.82) is 0 Å². The van der Waals surface area contributed by atoms with Crippen LogP contribution in [0.2, 0.25) is 0 Å². The highest BCUT2D eigenvalue weighted by Crippen LogP contribution is 2.24. The number of likely N-dealkylation sites (tertiary alicyclic amines) is 1. The summed E-state index contributed by atoms with van der Waals surface area (Å²) < 4.78 is 0. The van der Waals surface area contributed by atoms with E-state index in [1.165, 1.54) is 31.6 Å². The average Bonchev–Trinajstić information content (AvgIpc) is 2.58. The van der Waals surface area contributed by atoms with Crippen molar-refractivity contribution in [2.75, 3.05) is 20.1 Å². The van der Waals surface area contributed by atoms with Crippen molar-refractivity contribution < 1.29 is 0 Å². The van der Waals surface area contributed by atoms with E-state index in [4.69, 9.17) is 0 Å². The molecule has 3 nitrogen and oxygen atoms in total. The molecule has 0 saturated carbocycles. The Bertz CT molecular complexity index is 222. The van der Waals surface area contributed by atoms with Gasteiger partial charge in [0, 0.05) is 17.8 Å². The molecule has 0 aromatic carbocycles. The first-order chi connectivity index (χ1) is 5.86. The third kappa shape index (κ3) is 1.50. The fourth-order valence-electron chi connectivity index (χ4n) is 1.81. The second kappa shape index (κ2) is 3.27. The van der Waals surface area contributed by atoms with Gasteiger partial charge in [-0.1, -0.05) is 0 Å². The highest BCUT2D eigenvalue weighted by atomic mass is 15.1. The maximum Gasteiger partial charge on any atom is 0.0921 e. The van der Waals surface area contributed by atoms with Crippen LogP contribution in [0.4, 0.5) is 0 Å². The molecule has 1 N–H and O–H groups in total. The summed E-state index contributed by atoms with van der Waals surface area (Å²) in [7, 11) is 2.18. The Labute approximate surface area is 72.8 Å². The van der Waals surface area contributed by atoms with E-state index in [1.54, 1.807) is 6.33 Å². The second-order valence-electron chi connectivity index (χ2n) is 3.58. The minimum Gasteiger partial charge on any atom is -0.348 e. The fourth-order valence-corrected chi connectivity index (χ4v) is 1.81. The number of aromatic nitrogens is 2. The smallest absolute Gasteiger partial charge is 0.0921 e. The molecule has 0 amide bonds. The third-order valence-corrected chi connectivity index (χ3v) is 2.68. The van der Waals surface area contributed by atoms with Gasteiger partial charge < -0.3 is 9.88 Å². The molecule has 1 aliphatic rings. The van der Waals surface area contributed by atoms with Crippen LogP contribution in [-0.2, 0) is 0 Å². The number of nitrogens with one attached hydrogen (secondary N) is 1. The Morgan fingerprint density at radius 2 is 2.25 bits per heavy atom. The van der Waals surface area contributed by atoms with E-state index >= 15 is 0 Å². The van der Waals surface area contributed by atoms with Gasteiger partial charge in [0.2, 0.25) is 0 Å². The zero-order chi connectivity index (χ0) is 8.39. The van der Waals surface area contributed by atoms with Crippen LogP contribution in [0.3, 0.4) is 0 Å². The highest BCUT2D eigenvalue weighted by Gasteiger charge is 2.18. The molecule has 2 heterocycles. The van der Waals surface area contributed by atoms with Crippen LogP contribution in [0.25, 0.3) is 0 Å². The predicted octanol–water partition coefficient (Wildman–Crippen LogP) is 1.22. The van der Waals surface area contributed by atoms with E-state index in [1.807, 2.05) is 6.20 Å². The van der Waals surface area contributed by atoms with Gasteiger partial charge in [0.1, 0.15) is 0 Å². The van der Waals surface area contributed by atoms with Crippen molar-refractivity contribution in [1.82, 2.24) is 14.9 Å². The Balaban J connectivity index is 1.99. The maximum atomic E-state index is 4.05. The van der Waals surface area contributed by atoms with Gasteiger partial charge in [-0.05, 0) is 33.0 Å². The van der Waals surface area contributed by atoms with Gasteiger partial charge in [-0.3, -0.25) is 0 Å². The molecule has 0 atom stereocenters. The highest BCUT2D eigenvalue weighted by molar-refractivity contribution is 5.04. The van der Waals surface area contributed by atoms with Crippen LogP contribution in [0.15, 0.2) is 12.5 Å². The molecule has 0 bridgehead atoms. The molecular formula is C9H15N3. The first-order valence-electron chi connectivity index (χ1n) is 4.53. The lowest BCUT2D eigenvalue weighted by Gasteiger charge is -2.27. The zero-order valence-electron chi connectivity index (χ0n) is 7.45. The molecule has 1 aliphatic heterocycles.